The van der Waals surface area contributed by atoms with Crippen LogP contribution in [0, 0.1) is 0 Å². The van der Waals surface area contributed by atoms with Gasteiger partial charge in [0.2, 0.25) is 0 Å². The van der Waals surface area contributed by atoms with E-state index in [1.165, 1.54) is 0 Å². The number of carbonyl (C=O) groups excluding carboxylic acids is 1. The van der Waals surface area contributed by atoms with E-state index >= 15 is 0 Å². The number of benzene rings is 3. The lowest BCUT2D eigenvalue weighted by Crippen LogP contribution is -2.04. The molecule has 0 amide bonds. The van der Waals surface area contributed by atoms with E-state index in [-0.39, 0.29) is 17.3 Å². The summed E-state index contributed by atoms with van der Waals surface area (Å²) in [6.07, 6.45) is 0.309. The van der Waals surface area contributed by atoms with Crippen LogP contribution in [0.1, 0.15) is 5.56 Å². The van der Waals surface area contributed by atoms with E-state index in [9.17, 15) is 9.90 Å². The van der Waals surface area contributed by atoms with E-state index in [4.69, 9.17) is 0 Å². The van der Waals surface area contributed by atoms with Crippen molar-refractivity contribution >= 4 is 18.4 Å². The SMILES string of the molecule is O=C(CS)Cc1cc(-c2ccccc2)c(O)c(-c2ccccc2)c1. The molecule has 0 bridgehead atoms. The molecule has 0 aliphatic rings. The first kappa shape index (κ1) is 16.3. The highest BCUT2D eigenvalue weighted by Gasteiger charge is 2.14. The summed E-state index contributed by atoms with van der Waals surface area (Å²) in [5.74, 6) is 0.499. The van der Waals surface area contributed by atoms with Gasteiger partial charge >= 0.3 is 0 Å². The van der Waals surface area contributed by atoms with Crippen LogP contribution in [0.5, 0.6) is 5.75 Å². The molecule has 0 aromatic heterocycles. The summed E-state index contributed by atoms with van der Waals surface area (Å²) < 4.78 is 0. The molecular weight excluding hydrogens is 316 g/mol. The van der Waals surface area contributed by atoms with Crippen molar-refractivity contribution in [1.29, 1.82) is 0 Å². The largest absolute Gasteiger partial charge is 0.507 e. The number of thiol groups is 1. The minimum atomic E-state index is 0.0575. The summed E-state index contributed by atoms with van der Waals surface area (Å²) in [6, 6.07) is 23.2. The van der Waals surface area contributed by atoms with Crippen molar-refractivity contribution in [2.45, 2.75) is 6.42 Å². The van der Waals surface area contributed by atoms with Crippen LogP contribution >= 0.6 is 12.6 Å². The monoisotopic (exact) mass is 334 g/mol. The molecule has 24 heavy (non-hydrogen) atoms. The van der Waals surface area contributed by atoms with Crippen molar-refractivity contribution in [2.24, 2.45) is 0 Å². The predicted molar refractivity (Wildman–Crippen MR) is 102 cm³/mol. The Hall–Kier alpha value is -2.52. The average molecular weight is 334 g/mol. The highest BCUT2D eigenvalue weighted by atomic mass is 32.1. The molecule has 2 nitrogen and oxygen atoms in total. The molecule has 1 N–H and O–H groups in total. The van der Waals surface area contributed by atoms with Crippen LogP contribution in [0.3, 0.4) is 0 Å². The zero-order valence-electron chi connectivity index (χ0n) is 13.1. The van der Waals surface area contributed by atoms with E-state index in [2.05, 4.69) is 12.6 Å². The van der Waals surface area contributed by atoms with Gasteiger partial charge in [-0.15, -0.1) is 0 Å². The Morgan fingerprint density at radius 3 is 1.71 bits per heavy atom. The summed E-state index contributed by atoms with van der Waals surface area (Å²) in [6.45, 7) is 0. The van der Waals surface area contributed by atoms with Gasteiger partial charge in [-0.2, -0.15) is 12.6 Å². The van der Waals surface area contributed by atoms with E-state index in [0.29, 0.717) is 6.42 Å². The zero-order chi connectivity index (χ0) is 16.9. The second kappa shape index (κ2) is 7.37. The number of phenols is 1. The molecule has 120 valence electrons. The molecule has 0 saturated heterocycles. The second-order valence-corrected chi connectivity index (χ2v) is 5.96. The van der Waals surface area contributed by atoms with Crippen LogP contribution < -0.4 is 0 Å². The number of aromatic hydroxyl groups is 1. The van der Waals surface area contributed by atoms with Crippen LogP contribution in [0.25, 0.3) is 22.3 Å². The first-order valence-electron chi connectivity index (χ1n) is 7.78. The van der Waals surface area contributed by atoms with Gasteiger partial charge in [0.05, 0.1) is 0 Å². The Labute approximate surface area is 147 Å². The van der Waals surface area contributed by atoms with Crippen LogP contribution in [0.15, 0.2) is 72.8 Å². The summed E-state index contributed by atoms with van der Waals surface area (Å²) in [7, 11) is 0. The number of rotatable bonds is 5. The fourth-order valence-electron chi connectivity index (χ4n) is 2.76. The fraction of sp³-hybridized carbons (Fsp3) is 0.0952. The third-order valence-electron chi connectivity index (χ3n) is 3.92. The molecule has 0 saturated carbocycles. The van der Waals surface area contributed by atoms with Gasteiger partial charge in [-0.1, -0.05) is 60.7 Å². The van der Waals surface area contributed by atoms with Crippen LogP contribution in [-0.2, 0) is 11.2 Å². The second-order valence-electron chi connectivity index (χ2n) is 5.65. The topological polar surface area (TPSA) is 37.3 Å². The molecule has 0 aliphatic carbocycles. The molecular formula is C21H18O2S. The molecule has 3 aromatic rings. The molecule has 0 radical (unpaired) electrons. The number of hydrogen-bond donors (Lipinski definition) is 2. The average Bonchev–Trinajstić information content (AvgIpc) is 2.64. The number of ketones is 1. The lowest BCUT2D eigenvalue weighted by molar-refractivity contribution is -0.115. The summed E-state index contributed by atoms with van der Waals surface area (Å²) in [4.78, 5) is 11.8. The van der Waals surface area contributed by atoms with E-state index in [1.54, 1.807) is 0 Å². The third-order valence-corrected chi connectivity index (χ3v) is 4.27. The molecule has 3 rings (SSSR count). The highest BCUT2D eigenvalue weighted by Crippen LogP contribution is 2.39. The van der Waals surface area contributed by atoms with E-state index in [1.807, 2.05) is 72.8 Å². The molecule has 0 spiro atoms. The minimum Gasteiger partial charge on any atom is -0.507 e. The maximum atomic E-state index is 11.8. The number of carbonyl (C=O) groups is 1. The molecule has 0 unspecified atom stereocenters. The van der Waals surface area contributed by atoms with Crippen molar-refractivity contribution in [3.8, 4) is 28.0 Å². The van der Waals surface area contributed by atoms with Gasteiger partial charge in [0.1, 0.15) is 11.5 Å². The Balaban J connectivity index is 2.18. The van der Waals surface area contributed by atoms with Gasteiger partial charge in [0.25, 0.3) is 0 Å². The normalized spacial score (nSPS) is 10.5. The lowest BCUT2D eigenvalue weighted by Gasteiger charge is -2.13. The zero-order valence-corrected chi connectivity index (χ0v) is 14.0. The number of hydrogen-bond acceptors (Lipinski definition) is 3. The summed E-state index contributed by atoms with van der Waals surface area (Å²) in [5, 5.41) is 10.8. The van der Waals surface area contributed by atoms with Crippen molar-refractivity contribution < 1.29 is 9.90 Å². The van der Waals surface area contributed by atoms with Gasteiger partial charge in [-0.05, 0) is 28.8 Å². The van der Waals surface area contributed by atoms with Gasteiger partial charge in [-0.3, -0.25) is 4.79 Å². The van der Waals surface area contributed by atoms with Crippen LogP contribution in [0.4, 0.5) is 0 Å². The summed E-state index contributed by atoms with van der Waals surface area (Å²) >= 11 is 4.06. The van der Waals surface area contributed by atoms with E-state index < -0.39 is 0 Å². The Bertz CT molecular complexity index is 782. The van der Waals surface area contributed by atoms with Crippen molar-refractivity contribution in [3.63, 3.8) is 0 Å². The number of phenolic OH excluding ortho intramolecular Hbond substituents is 1. The highest BCUT2D eigenvalue weighted by molar-refractivity contribution is 7.81. The third kappa shape index (κ3) is 3.52. The first-order valence-corrected chi connectivity index (χ1v) is 8.41. The molecule has 0 heterocycles. The van der Waals surface area contributed by atoms with Crippen molar-refractivity contribution in [1.82, 2.24) is 0 Å². The minimum absolute atomic E-state index is 0.0575. The molecule has 3 aromatic carbocycles. The Morgan fingerprint density at radius 1 is 0.833 bits per heavy atom. The maximum absolute atomic E-state index is 11.8. The maximum Gasteiger partial charge on any atom is 0.146 e. The smallest absolute Gasteiger partial charge is 0.146 e. The lowest BCUT2D eigenvalue weighted by atomic mass is 9.93. The van der Waals surface area contributed by atoms with Crippen molar-refractivity contribution in [2.75, 3.05) is 5.75 Å². The quantitative estimate of drug-likeness (QED) is 0.660. The Morgan fingerprint density at radius 2 is 1.29 bits per heavy atom. The van der Waals surface area contributed by atoms with Crippen molar-refractivity contribution in [3.05, 3.63) is 78.4 Å². The van der Waals surface area contributed by atoms with E-state index in [0.717, 1.165) is 27.8 Å². The van der Waals surface area contributed by atoms with Crippen LogP contribution in [0.2, 0.25) is 0 Å². The summed E-state index contributed by atoms with van der Waals surface area (Å²) in [5.41, 5.74) is 4.20. The van der Waals surface area contributed by atoms with Gasteiger partial charge in [0, 0.05) is 23.3 Å². The molecule has 3 heteroatoms. The molecule has 0 fully saturated rings. The molecule has 0 atom stereocenters. The number of Topliss-reactive ketones (excluding diaryl/α,β-unsaturated/α-hetero) is 1. The predicted octanol–water partition coefficient (Wildman–Crippen LogP) is 4.77. The standard InChI is InChI=1S/C21H18O2S/c22-18(14-24)11-15-12-19(16-7-3-1-4-8-16)21(23)20(13-15)17-9-5-2-6-10-17/h1-10,12-13,23-24H,11,14H2. The fourth-order valence-corrected chi connectivity index (χ4v) is 2.87. The van der Waals surface area contributed by atoms with Crippen LogP contribution in [-0.4, -0.2) is 16.6 Å². The van der Waals surface area contributed by atoms with Gasteiger partial charge in [0.15, 0.2) is 0 Å². The van der Waals surface area contributed by atoms with Gasteiger partial charge in [-0.25, -0.2) is 0 Å². The first-order chi connectivity index (χ1) is 11.7. The Kier molecular flexibility index (Phi) is 5.02. The van der Waals surface area contributed by atoms with Gasteiger partial charge < -0.3 is 5.11 Å². The molecule has 0 aliphatic heterocycles.